The van der Waals surface area contributed by atoms with Gasteiger partial charge in [-0.25, -0.2) is 0 Å². The van der Waals surface area contributed by atoms with E-state index in [1.807, 2.05) is 6.07 Å². The van der Waals surface area contributed by atoms with Crippen molar-refractivity contribution in [3.63, 3.8) is 0 Å². The number of furan rings is 1. The fraction of sp³-hybridized carbons (Fsp3) is 0.714. The Bertz CT molecular complexity index is 365. The number of ether oxygens (including phenoxy) is 2. The lowest BCUT2D eigenvalue weighted by Gasteiger charge is -2.44. The van der Waals surface area contributed by atoms with Gasteiger partial charge in [0.1, 0.15) is 0 Å². The van der Waals surface area contributed by atoms with Crippen molar-refractivity contribution < 1.29 is 13.9 Å². The zero-order chi connectivity index (χ0) is 12.4. The molecule has 4 heteroatoms. The number of rotatable bonds is 2. The maximum absolute atomic E-state index is 6.36. The molecular formula is C14H21NO3. The Hall–Kier alpha value is -0.840. The standard InChI is InChI=1S/C14H21NO3/c15-13(12-1-5-17-10-12)11-2-6-18-14(9-11)3-7-16-8-4-14/h1,5,10-11,13H,2-4,6-9,15H2. The first kappa shape index (κ1) is 12.2. The number of nitrogens with two attached hydrogens (primary N) is 1. The van der Waals surface area contributed by atoms with E-state index in [0.29, 0.717) is 5.92 Å². The number of hydrogen-bond acceptors (Lipinski definition) is 4. The second kappa shape index (κ2) is 5.03. The minimum absolute atomic E-state index is 0.0164. The number of hydrogen-bond donors (Lipinski definition) is 1. The van der Waals surface area contributed by atoms with Crippen molar-refractivity contribution in [3.8, 4) is 0 Å². The Balaban J connectivity index is 1.70. The van der Waals surface area contributed by atoms with Crippen molar-refractivity contribution in [3.05, 3.63) is 24.2 Å². The smallest absolute Gasteiger partial charge is 0.0950 e. The molecular weight excluding hydrogens is 230 g/mol. The zero-order valence-corrected chi connectivity index (χ0v) is 10.6. The van der Waals surface area contributed by atoms with Crippen LogP contribution < -0.4 is 5.73 Å². The maximum Gasteiger partial charge on any atom is 0.0950 e. The van der Waals surface area contributed by atoms with Crippen molar-refractivity contribution >= 4 is 0 Å². The molecule has 0 aliphatic carbocycles. The van der Waals surface area contributed by atoms with E-state index >= 15 is 0 Å². The molecule has 2 unspecified atom stereocenters. The first-order chi connectivity index (χ1) is 8.79. The molecule has 100 valence electrons. The summed E-state index contributed by atoms with van der Waals surface area (Å²) >= 11 is 0. The fourth-order valence-corrected chi connectivity index (χ4v) is 3.20. The van der Waals surface area contributed by atoms with E-state index in [0.717, 1.165) is 51.1 Å². The van der Waals surface area contributed by atoms with Gasteiger partial charge < -0.3 is 19.6 Å². The van der Waals surface area contributed by atoms with E-state index in [9.17, 15) is 0 Å². The molecule has 3 rings (SSSR count). The van der Waals surface area contributed by atoms with Crippen LogP contribution in [0.3, 0.4) is 0 Å². The second-order valence-electron chi connectivity index (χ2n) is 5.48. The molecule has 18 heavy (non-hydrogen) atoms. The van der Waals surface area contributed by atoms with Crippen LogP contribution in [0.25, 0.3) is 0 Å². The lowest BCUT2D eigenvalue weighted by molar-refractivity contribution is -0.149. The highest BCUT2D eigenvalue weighted by Gasteiger charge is 2.40. The molecule has 2 saturated heterocycles. The highest BCUT2D eigenvalue weighted by molar-refractivity contribution is 5.13. The molecule has 2 aliphatic heterocycles. The average Bonchev–Trinajstić information content (AvgIpc) is 2.93. The molecule has 3 heterocycles. The third kappa shape index (κ3) is 2.32. The fourth-order valence-electron chi connectivity index (χ4n) is 3.20. The molecule has 2 N–H and O–H groups in total. The van der Waals surface area contributed by atoms with Gasteiger partial charge in [-0.15, -0.1) is 0 Å². The summed E-state index contributed by atoms with van der Waals surface area (Å²) in [6, 6.07) is 2.03. The first-order valence-corrected chi connectivity index (χ1v) is 6.78. The average molecular weight is 251 g/mol. The van der Waals surface area contributed by atoms with Gasteiger partial charge in [0, 0.05) is 31.4 Å². The predicted octanol–water partition coefficient (Wildman–Crippen LogP) is 2.26. The molecule has 0 bridgehead atoms. The molecule has 2 atom stereocenters. The van der Waals surface area contributed by atoms with Crippen LogP contribution in [0.15, 0.2) is 23.0 Å². The molecule has 0 radical (unpaired) electrons. The van der Waals surface area contributed by atoms with Gasteiger partial charge in [0.2, 0.25) is 0 Å². The SMILES string of the molecule is NC(c1ccoc1)C1CCOC2(CCOCC2)C1. The topological polar surface area (TPSA) is 57.6 Å². The molecule has 4 nitrogen and oxygen atoms in total. The second-order valence-corrected chi connectivity index (χ2v) is 5.48. The van der Waals surface area contributed by atoms with Gasteiger partial charge in [-0.2, -0.15) is 0 Å². The van der Waals surface area contributed by atoms with E-state index < -0.39 is 0 Å². The maximum atomic E-state index is 6.36. The van der Waals surface area contributed by atoms with Crippen LogP contribution in [0, 0.1) is 5.92 Å². The van der Waals surface area contributed by atoms with E-state index in [4.69, 9.17) is 19.6 Å². The Morgan fingerprint density at radius 1 is 1.28 bits per heavy atom. The summed E-state index contributed by atoms with van der Waals surface area (Å²) < 4.78 is 16.6. The summed E-state index contributed by atoms with van der Waals surface area (Å²) in [5.74, 6) is 0.481. The minimum atomic E-state index is 0.0164. The van der Waals surface area contributed by atoms with Crippen molar-refractivity contribution in [1.29, 1.82) is 0 Å². The van der Waals surface area contributed by atoms with Crippen LogP contribution in [-0.4, -0.2) is 25.4 Å². The third-order valence-electron chi connectivity index (χ3n) is 4.37. The quantitative estimate of drug-likeness (QED) is 0.876. The van der Waals surface area contributed by atoms with Crippen LogP contribution in [0.5, 0.6) is 0 Å². The van der Waals surface area contributed by atoms with Crippen LogP contribution in [-0.2, 0) is 9.47 Å². The van der Waals surface area contributed by atoms with Gasteiger partial charge in [-0.05, 0) is 37.7 Å². The summed E-state index contributed by atoms with van der Waals surface area (Å²) in [6.07, 6.45) is 7.54. The van der Waals surface area contributed by atoms with Crippen molar-refractivity contribution in [2.24, 2.45) is 11.7 Å². The van der Waals surface area contributed by atoms with Crippen molar-refractivity contribution in [1.82, 2.24) is 0 Å². The lowest BCUT2D eigenvalue weighted by atomic mass is 9.77. The molecule has 0 aromatic carbocycles. The van der Waals surface area contributed by atoms with Gasteiger partial charge in [0.25, 0.3) is 0 Å². The van der Waals surface area contributed by atoms with E-state index in [-0.39, 0.29) is 11.6 Å². The van der Waals surface area contributed by atoms with Crippen LogP contribution in [0.2, 0.25) is 0 Å². The molecule has 0 amide bonds. The molecule has 1 aromatic rings. The molecule has 2 fully saturated rings. The predicted molar refractivity (Wildman–Crippen MR) is 67.1 cm³/mol. The third-order valence-corrected chi connectivity index (χ3v) is 4.37. The Kier molecular flexibility index (Phi) is 3.41. The minimum Gasteiger partial charge on any atom is -0.472 e. The Labute approximate surface area is 107 Å². The first-order valence-electron chi connectivity index (χ1n) is 6.78. The normalized spacial score (nSPS) is 29.3. The van der Waals surface area contributed by atoms with Crippen LogP contribution in [0.1, 0.15) is 37.3 Å². The molecule has 0 saturated carbocycles. The van der Waals surface area contributed by atoms with Gasteiger partial charge >= 0.3 is 0 Å². The summed E-state index contributed by atoms with van der Waals surface area (Å²) in [5.41, 5.74) is 7.47. The van der Waals surface area contributed by atoms with E-state index in [2.05, 4.69) is 0 Å². The highest BCUT2D eigenvalue weighted by Crippen LogP contribution is 2.41. The molecule has 1 aromatic heterocycles. The van der Waals surface area contributed by atoms with Crippen LogP contribution in [0.4, 0.5) is 0 Å². The largest absolute Gasteiger partial charge is 0.472 e. The van der Waals surface area contributed by atoms with E-state index in [1.165, 1.54) is 0 Å². The van der Waals surface area contributed by atoms with Crippen molar-refractivity contribution in [2.45, 2.75) is 37.3 Å². The van der Waals surface area contributed by atoms with Gasteiger partial charge in [-0.1, -0.05) is 0 Å². The Morgan fingerprint density at radius 2 is 2.11 bits per heavy atom. The summed E-state index contributed by atoms with van der Waals surface area (Å²) in [7, 11) is 0. The monoisotopic (exact) mass is 251 g/mol. The zero-order valence-electron chi connectivity index (χ0n) is 10.6. The summed E-state index contributed by atoms with van der Waals surface area (Å²) in [4.78, 5) is 0. The van der Waals surface area contributed by atoms with Gasteiger partial charge in [0.05, 0.1) is 18.1 Å². The van der Waals surface area contributed by atoms with Gasteiger partial charge in [0.15, 0.2) is 0 Å². The summed E-state index contributed by atoms with van der Waals surface area (Å²) in [5, 5.41) is 0. The van der Waals surface area contributed by atoms with Gasteiger partial charge in [-0.3, -0.25) is 0 Å². The van der Waals surface area contributed by atoms with E-state index in [1.54, 1.807) is 12.5 Å². The summed E-state index contributed by atoms with van der Waals surface area (Å²) in [6.45, 7) is 2.44. The Morgan fingerprint density at radius 3 is 2.83 bits per heavy atom. The van der Waals surface area contributed by atoms with Crippen LogP contribution >= 0.6 is 0 Å². The van der Waals surface area contributed by atoms with Crippen molar-refractivity contribution in [2.75, 3.05) is 19.8 Å². The molecule has 2 aliphatic rings. The highest BCUT2D eigenvalue weighted by atomic mass is 16.5. The lowest BCUT2D eigenvalue weighted by Crippen LogP contribution is -2.46. The molecule has 1 spiro atoms.